The monoisotopic (exact) mass is 400 g/mol. The molecule has 7 heteroatoms. The van der Waals surface area contributed by atoms with Crippen LogP contribution in [0.2, 0.25) is 0 Å². The van der Waals surface area contributed by atoms with Crippen molar-refractivity contribution in [2.45, 2.75) is 60.0 Å². The fraction of sp³-hybridized carbons (Fsp3) is 0.591. The van der Waals surface area contributed by atoms with Crippen LogP contribution in [0.25, 0.3) is 0 Å². The van der Waals surface area contributed by atoms with E-state index in [1.165, 1.54) is 5.56 Å². The van der Waals surface area contributed by atoms with Crippen molar-refractivity contribution in [1.82, 2.24) is 25.4 Å². The molecule has 1 atom stereocenters. The topological polar surface area (TPSA) is 76.4 Å². The SMILES string of the molecule is CCCCNC(=NCc1nnc(C)n1C)NC(C)c1ccc(OCC(C)C)cc1. The largest absolute Gasteiger partial charge is 0.493 e. The number of aliphatic imine (C=N–C) groups is 1. The van der Waals surface area contributed by atoms with Crippen molar-refractivity contribution in [3.63, 3.8) is 0 Å². The summed E-state index contributed by atoms with van der Waals surface area (Å²) < 4.78 is 7.74. The van der Waals surface area contributed by atoms with Gasteiger partial charge in [0.15, 0.2) is 11.8 Å². The van der Waals surface area contributed by atoms with E-state index in [1.807, 2.05) is 30.7 Å². The Bertz CT molecular complexity index is 766. The fourth-order valence-electron chi connectivity index (χ4n) is 2.68. The maximum absolute atomic E-state index is 5.78. The summed E-state index contributed by atoms with van der Waals surface area (Å²) >= 11 is 0. The van der Waals surface area contributed by atoms with Crippen molar-refractivity contribution >= 4 is 5.96 Å². The van der Waals surface area contributed by atoms with Gasteiger partial charge in [0.25, 0.3) is 0 Å². The molecule has 2 aromatic rings. The average Bonchev–Trinajstić information content (AvgIpc) is 3.02. The Morgan fingerprint density at radius 1 is 1.17 bits per heavy atom. The summed E-state index contributed by atoms with van der Waals surface area (Å²) in [6.45, 7) is 12.6. The number of benzene rings is 1. The highest BCUT2D eigenvalue weighted by molar-refractivity contribution is 5.80. The van der Waals surface area contributed by atoms with Gasteiger partial charge in [0.05, 0.1) is 12.6 Å². The van der Waals surface area contributed by atoms with Gasteiger partial charge in [-0.05, 0) is 43.9 Å². The summed E-state index contributed by atoms with van der Waals surface area (Å²) in [5.41, 5.74) is 1.18. The third kappa shape index (κ3) is 7.40. The number of aromatic nitrogens is 3. The molecule has 1 unspecified atom stereocenters. The van der Waals surface area contributed by atoms with Gasteiger partial charge in [-0.3, -0.25) is 0 Å². The van der Waals surface area contributed by atoms with Gasteiger partial charge in [0.1, 0.15) is 18.1 Å². The molecule has 1 aromatic heterocycles. The van der Waals surface area contributed by atoms with Crippen LogP contribution in [-0.2, 0) is 13.6 Å². The maximum Gasteiger partial charge on any atom is 0.192 e. The van der Waals surface area contributed by atoms with Gasteiger partial charge >= 0.3 is 0 Å². The van der Waals surface area contributed by atoms with Gasteiger partial charge in [-0.25, -0.2) is 4.99 Å². The summed E-state index contributed by atoms with van der Waals surface area (Å²) in [5, 5.41) is 15.2. The third-order valence-electron chi connectivity index (χ3n) is 4.70. The second kappa shape index (κ2) is 11.4. The second-order valence-corrected chi connectivity index (χ2v) is 7.81. The molecular formula is C22H36N6O. The standard InChI is InChI=1S/C22H36N6O/c1-7-8-13-23-22(24-14-21-27-26-18(5)28(21)6)25-17(4)19-9-11-20(12-10-19)29-15-16(2)3/h9-12,16-17H,7-8,13-15H2,1-6H3,(H2,23,24,25). The predicted octanol–water partition coefficient (Wildman–Crippen LogP) is 3.75. The zero-order valence-corrected chi connectivity index (χ0v) is 18.7. The lowest BCUT2D eigenvalue weighted by atomic mass is 10.1. The van der Waals surface area contributed by atoms with E-state index in [1.54, 1.807) is 0 Å². The van der Waals surface area contributed by atoms with Crippen LogP contribution in [0.4, 0.5) is 0 Å². The minimum atomic E-state index is 0.114. The highest BCUT2D eigenvalue weighted by atomic mass is 16.5. The highest BCUT2D eigenvalue weighted by Crippen LogP contribution is 2.18. The molecule has 0 saturated carbocycles. The number of nitrogens with one attached hydrogen (secondary N) is 2. The Kier molecular flexibility index (Phi) is 8.96. The Balaban J connectivity index is 2.02. The number of ether oxygens (including phenoxy) is 1. The van der Waals surface area contributed by atoms with Gasteiger partial charge in [0, 0.05) is 13.6 Å². The van der Waals surface area contributed by atoms with E-state index in [-0.39, 0.29) is 6.04 Å². The predicted molar refractivity (Wildman–Crippen MR) is 118 cm³/mol. The number of unbranched alkanes of at least 4 members (excludes halogenated alkanes) is 1. The molecule has 2 rings (SSSR count). The van der Waals surface area contributed by atoms with Crippen LogP contribution < -0.4 is 15.4 Å². The number of rotatable bonds is 10. The van der Waals surface area contributed by atoms with Crippen molar-refractivity contribution in [2.24, 2.45) is 18.0 Å². The first-order valence-electron chi connectivity index (χ1n) is 10.5. The highest BCUT2D eigenvalue weighted by Gasteiger charge is 2.10. The molecule has 0 aliphatic carbocycles. The first-order valence-corrected chi connectivity index (χ1v) is 10.5. The molecule has 0 bridgehead atoms. The maximum atomic E-state index is 5.78. The van der Waals surface area contributed by atoms with E-state index < -0.39 is 0 Å². The van der Waals surface area contributed by atoms with Gasteiger partial charge < -0.3 is 19.9 Å². The summed E-state index contributed by atoms with van der Waals surface area (Å²) in [6, 6.07) is 8.37. The van der Waals surface area contributed by atoms with Gasteiger partial charge in [0.2, 0.25) is 0 Å². The lowest BCUT2D eigenvalue weighted by Gasteiger charge is -2.19. The lowest BCUT2D eigenvalue weighted by Crippen LogP contribution is -2.39. The molecule has 0 aliphatic rings. The van der Waals surface area contributed by atoms with Gasteiger partial charge in [-0.2, -0.15) is 0 Å². The average molecular weight is 401 g/mol. The Morgan fingerprint density at radius 3 is 2.48 bits per heavy atom. The summed E-state index contributed by atoms with van der Waals surface area (Å²) in [5.74, 6) is 3.94. The number of aryl methyl sites for hydroxylation is 1. The Labute approximate surface area is 175 Å². The molecule has 0 radical (unpaired) electrons. The molecule has 1 heterocycles. The minimum Gasteiger partial charge on any atom is -0.493 e. The third-order valence-corrected chi connectivity index (χ3v) is 4.70. The van der Waals surface area contributed by atoms with Gasteiger partial charge in [-0.15, -0.1) is 10.2 Å². The zero-order chi connectivity index (χ0) is 21.2. The van der Waals surface area contributed by atoms with Crippen LogP contribution in [-0.4, -0.2) is 33.9 Å². The van der Waals surface area contributed by atoms with Crippen LogP contribution in [0.5, 0.6) is 5.75 Å². The molecule has 0 saturated heterocycles. The molecule has 0 fully saturated rings. The normalized spacial score (nSPS) is 12.9. The van der Waals surface area contributed by atoms with E-state index in [9.17, 15) is 0 Å². The van der Waals surface area contributed by atoms with Crippen LogP contribution >= 0.6 is 0 Å². The number of nitrogens with zero attached hydrogens (tertiary/aromatic N) is 4. The van der Waals surface area contributed by atoms with E-state index >= 15 is 0 Å². The molecule has 0 amide bonds. The quantitative estimate of drug-likeness (QED) is 0.361. The van der Waals surface area contributed by atoms with Crippen LogP contribution in [0.3, 0.4) is 0 Å². The van der Waals surface area contributed by atoms with Crippen LogP contribution in [0.1, 0.15) is 63.8 Å². The van der Waals surface area contributed by atoms with Crippen LogP contribution in [0.15, 0.2) is 29.3 Å². The first-order chi connectivity index (χ1) is 13.9. The first kappa shape index (κ1) is 22.7. The van der Waals surface area contributed by atoms with Gasteiger partial charge in [-0.1, -0.05) is 39.3 Å². The minimum absolute atomic E-state index is 0.114. The molecule has 7 nitrogen and oxygen atoms in total. The second-order valence-electron chi connectivity index (χ2n) is 7.81. The van der Waals surface area contributed by atoms with E-state index in [0.717, 1.165) is 49.4 Å². The van der Waals surface area contributed by atoms with Crippen molar-refractivity contribution in [1.29, 1.82) is 0 Å². The summed E-state index contributed by atoms with van der Waals surface area (Å²) in [6.07, 6.45) is 2.23. The lowest BCUT2D eigenvalue weighted by molar-refractivity contribution is 0.271. The zero-order valence-electron chi connectivity index (χ0n) is 18.7. The van der Waals surface area contributed by atoms with Crippen molar-refractivity contribution in [2.75, 3.05) is 13.2 Å². The molecule has 0 spiro atoms. The number of hydrogen-bond acceptors (Lipinski definition) is 4. The number of hydrogen-bond donors (Lipinski definition) is 2. The van der Waals surface area contributed by atoms with Crippen LogP contribution in [0, 0.1) is 12.8 Å². The summed E-state index contributed by atoms with van der Waals surface area (Å²) in [4.78, 5) is 4.72. The molecular weight excluding hydrogens is 364 g/mol. The van der Waals surface area contributed by atoms with E-state index in [0.29, 0.717) is 12.5 Å². The molecule has 160 valence electrons. The van der Waals surface area contributed by atoms with Crippen molar-refractivity contribution in [3.8, 4) is 5.75 Å². The molecule has 0 aliphatic heterocycles. The number of guanidine groups is 1. The Hall–Kier alpha value is -2.57. The summed E-state index contributed by atoms with van der Waals surface area (Å²) in [7, 11) is 1.96. The molecule has 2 N–H and O–H groups in total. The van der Waals surface area contributed by atoms with E-state index in [2.05, 4.69) is 60.7 Å². The fourth-order valence-corrected chi connectivity index (χ4v) is 2.68. The smallest absolute Gasteiger partial charge is 0.192 e. The van der Waals surface area contributed by atoms with Crippen molar-refractivity contribution in [3.05, 3.63) is 41.5 Å². The Morgan fingerprint density at radius 2 is 1.90 bits per heavy atom. The molecule has 29 heavy (non-hydrogen) atoms. The van der Waals surface area contributed by atoms with Crippen molar-refractivity contribution < 1.29 is 4.74 Å². The molecule has 1 aromatic carbocycles. The van der Waals surface area contributed by atoms with E-state index in [4.69, 9.17) is 9.73 Å².